The fourth-order valence-corrected chi connectivity index (χ4v) is 3.49. The van der Waals surface area contributed by atoms with Crippen LogP contribution < -0.4 is 4.74 Å². The van der Waals surface area contributed by atoms with E-state index in [1.807, 2.05) is 43.5 Å². The number of esters is 1. The molecule has 24 heavy (non-hydrogen) atoms. The number of H-pyrrole nitrogens is 1. The summed E-state index contributed by atoms with van der Waals surface area (Å²) in [6.07, 6.45) is 0. The summed E-state index contributed by atoms with van der Waals surface area (Å²) in [6, 6.07) is 7.79. The van der Waals surface area contributed by atoms with E-state index in [9.17, 15) is 4.79 Å². The number of nitrogens with zero attached hydrogens (tertiary/aromatic N) is 1. The Kier molecular flexibility index (Phi) is 4.40. The molecule has 0 bridgehead atoms. The van der Waals surface area contributed by atoms with Gasteiger partial charge in [-0.1, -0.05) is 0 Å². The molecule has 2 aromatic heterocycles. The van der Waals surface area contributed by atoms with Gasteiger partial charge in [0, 0.05) is 16.6 Å². The van der Waals surface area contributed by atoms with Crippen LogP contribution >= 0.6 is 11.3 Å². The van der Waals surface area contributed by atoms with Crippen LogP contribution in [0.3, 0.4) is 0 Å². The van der Waals surface area contributed by atoms with Crippen LogP contribution in [0.5, 0.6) is 5.75 Å². The van der Waals surface area contributed by atoms with Crippen molar-refractivity contribution in [3.05, 3.63) is 46.5 Å². The van der Waals surface area contributed by atoms with Gasteiger partial charge in [0.15, 0.2) is 0 Å². The Morgan fingerprint density at radius 1 is 1.17 bits per heavy atom. The summed E-state index contributed by atoms with van der Waals surface area (Å²) in [7, 11) is 3.03. The van der Waals surface area contributed by atoms with E-state index in [-0.39, 0.29) is 5.97 Å². The van der Waals surface area contributed by atoms with E-state index in [1.165, 1.54) is 7.11 Å². The Morgan fingerprint density at radius 2 is 1.88 bits per heavy atom. The van der Waals surface area contributed by atoms with Crippen molar-refractivity contribution >= 4 is 17.3 Å². The van der Waals surface area contributed by atoms with Crippen LogP contribution in [-0.4, -0.2) is 30.2 Å². The summed E-state index contributed by atoms with van der Waals surface area (Å²) in [5.41, 5.74) is 4.91. The van der Waals surface area contributed by atoms with E-state index in [4.69, 9.17) is 14.5 Å². The van der Waals surface area contributed by atoms with Crippen LogP contribution in [0.4, 0.5) is 0 Å². The minimum Gasteiger partial charge on any atom is -0.497 e. The highest BCUT2D eigenvalue weighted by atomic mass is 32.1. The van der Waals surface area contributed by atoms with Crippen molar-refractivity contribution in [1.29, 1.82) is 0 Å². The van der Waals surface area contributed by atoms with Gasteiger partial charge in [-0.05, 0) is 43.7 Å². The number of benzene rings is 1. The number of thiazole rings is 1. The second kappa shape index (κ2) is 6.49. The summed E-state index contributed by atoms with van der Waals surface area (Å²) in [5.74, 6) is 0.479. The largest absolute Gasteiger partial charge is 0.497 e. The molecule has 6 heteroatoms. The third-order valence-electron chi connectivity index (χ3n) is 3.92. The highest BCUT2D eigenvalue weighted by Crippen LogP contribution is 2.32. The van der Waals surface area contributed by atoms with Crippen molar-refractivity contribution in [2.24, 2.45) is 0 Å². The molecule has 0 saturated heterocycles. The first-order valence-corrected chi connectivity index (χ1v) is 8.31. The second-order valence-corrected chi connectivity index (χ2v) is 6.24. The average molecular weight is 342 g/mol. The molecule has 0 aliphatic carbocycles. The highest BCUT2D eigenvalue weighted by Gasteiger charge is 2.21. The third-order valence-corrected chi connectivity index (χ3v) is 4.82. The lowest BCUT2D eigenvalue weighted by Crippen LogP contribution is -2.03. The normalized spacial score (nSPS) is 10.7. The molecule has 0 unspecified atom stereocenters. The zero-order valence-electron chi connectivity index (χ0n) is 14.0. The van der Waals surface area contributed by atoms with Gasteiger partial charge in [0.25, 0.3) is 0 Å². The summed E-state index contributed by atoms with van der Waals surface area (Å²) >= 11 is 1.56. The highest BCUT2D eigenvalue weighted by molar-refractivity contribution is 7.13. The minimum atomic E-state index is -0.335. The first-order chi connectivity index (χ1) is 11.5. The molecular formula is C18H18N2O3S. The van der Waals surface area contributed by atoms with Gasteiger partial charge >= 0.3 is 5.97 Å². The molecule has 0 radical (unpaired) electrons. The first-order valence-electron chi connectivity index (χ1n) is 7.43. The molecule has 5 nitrogen and oxygen atoms in total. The van der Waals surface area contributed by atoms with E-state index in [0.717, 1.165) is 39.0 Å². The molecular weight excluding hydrogens is 324 g/mol. The van der Waals surface area contributed by atoms with Crippen LogP contribution in [-0.2, 0) is 4.74 Å². The number of carbonyl (C=O) groups excluding carboxylic acids is 1. The van der Waals surface area contributed by atoms with Gasteiger partial charge in [0.2, 0.25) is 0 Å². The number of carbonyl (C=O) groups is 1. The Morgan fingerprint density at radius 3 is 2.50 bits per heavy atom. The first kappa shape index (κ1) is 16.3. The number of hydrogen-bond acceptors (Lipinski definition) is 5. The predicted molar refractivity (Wildman–Crippen MR) is 94.7 cm³/mol. The Bertz CT molecular complexity index is 878. The summed E-state index contributed by atoms with van der Waals surface area (Å²) in [4.78, 5) is 19.9. The third kappa shape index (κ3) is 2.80. The fourth-order valence-electron chi connectivity index (χ4n) is 2.67. The van der Waals surface area contributed by atoms with Crippen molar-refractivity contribution in [3.8, 4) is 27.7 Å². The summed E-state index contributed by atoms with van der Waals surface area (Å²) in [6.45, 7) is 3.76. The topological polar surface area (TPSA) is 64.2 Å². The molecule has 0 spiro atoms. The molecule has 3 aromatic rings. The summed E-state index contributed by atoms with van der Waals surface area (Å²) < 4.78 is 10.0. The van der Waals surface area contributed by atoms with Crippen LogP contribution in [0.2, 0.25) is 0 Å². The SMILES string of the molecule is COC(=O)c1c(C)[nH]c(-c2csc(-c3ccc(OC)cc3)n2)c1C. The molecule has 0 fully saturated rings. The van der Waals surface area contributed by atoms with Gasteiger partial charge in [-0.25, -0.2) is 9.78 Å². The van der Waals surface area contributed by atoms with Crippen molar-refractivity contribution in [2.75, 3.05) is 14.2 Å². The quantitative estimate of drug-likeness (QED) is 0.721. The van der Waals surface area contributed by atoms with Crippen LogP contribution in [0.1, 0.15) is 21.6 Å². The van der Waals surface area contributed by atoms with Gasteiger partial charge in [0.05, 0.1) is 31.2 Å². The lowest BCUT2D eigenvalue weighted by molar-refractivity contribution is 0.0599. The van der Waals surface area contributed by atoms with Crippen molar-refractivity contribution < 1.29 is 14.3 Å². The van der Waals surface area contributed by atoms with Crippen molar-refractivity contribution in [3.63, 3.8) is 0 Å². The average Bonchev–Trinajstić information content (AvgIpc) is 3.19. The molecule has 0 amide bonds. The monoisotopic (exact) mass is 342 g/mol. The molecule has 3 rings (SSSR count). The zero-order valence-corrected chi connectivity index (χ0v) is 14.8. The number of aryl methyl sites for hydroxylation is 1. The number of aromatic nitrogens is 2. The standard InChI is InChI=1S/C18H18N2O3S/c1-10-15(18(21)23-4)11(2)19-16(10)14-9-24-17(20-14)12-5-7-13(22-3)8-6-12/h5-9,19H,1-4H3. The van der Waals surface area contributed by atoms with Crippen LogP contribution in [0.25, 0.3) is 22.0 Å². The van der Waals surface area contributed by atoms with Crippen molar-refractivity contribution in [2.45, 2.75) is 13.8 Å². The predicted octanol–water partition coefficient (Wildman–Crippen LogP) is 4.22. The molecule has 124 valence electrons. The van der Waals surface area contributed by atoms with Gasteiger partial charge < -0.3 is 14.5 Å². The maximum Gasteiger partial charge on any atom is 0.339 e. The summed E-state index contributed by atoms with van der Waals surface area (Å²) in [5, 5.41) is 2.90. The van der Waals surface area contributed by atoms with Crippen LogP contribution in [0, 0.1) is 13.8 Å². The van der Waals surface area contributed by atoms with Crippen LogP contribution in [0.15, 0.2) is 29.6 Å². The van der Waals surface area contributed by atoms with Gasteiger partial charge in [-0.3, -0.25) is 0 Å². The second-order valence-electron chi connectivity index (χ2n) is 5.38. The Balaban J connectivity index is 1.97. The Labute approximate surface area is 144 Å². The Hall–Kier alpha value is -2.60. The molecule has 0 aliphatic rings. The van der Waals surface area contributed by atoms with Gasteiger partial charge in [0.1, 0.15) is 10.8 Å². The van der Waals surface area contributed by atoms with E-state index in [0.29, 0.717) is 5.56 Å². The fraction of sp³-hybridized carbons (Fsp3) is 0.222. The number of aromatic amines is 1. The van der Waals surface area contributed by atoms with E-state index in [2.05, 4.69) is 4.98 Å². The molecule has 0 atom stereocenters. The number of ether oxygens (including phenoxy) is 2. The van der Waals surface area contributed by atoms with E-state index < -0.39 is 0 Å². The molecule has 2 heterocycles. The number of hydrogen-bond donors (Lipinski definition) is 1. The minimum absolute atomic E-state index is 0.335. The van der Waals surface area contributed by atoms with E-state index in [1.54, 1.807) is 18.4 Å². The zero-order chi connectivity index (χ0) is 17.3. The smallest absolute Gasteiger partial charge is 0.339 e. The number of rotatable bonds is 4. The molecule has 1 N–H and O–H groups in total. The lowest BCUT2D eigenvalue weighted by Gasteiger charge is -2.00. The number of nitrogens with one attached hydrogen (secondary N) is 1. The van der Waals surface area contributed by atoms with Gasteiger partial charge in [-0.15, -0.1) is 11.3 Å². The van der Waals surface area contributed by atoms with Crippen molar-refractivity contribution in [1.82, 2.24) is 9.97 Å². The molecule has 0 aliphatic heterocycles. The van der Waals surface area contributed by atoms with Gasteiger partial charge in [-0.2, -0.15) is 0 Å². The van der Waals surface area contributed by atoms with E-state index >= 15 is 0 Å². The lowest BCUT2D eigenvalue weighted by atomic mass is 10.1. The number of methoxy groups -OCH3 is 2. The molecule has 0 saturated carbocycles. The maximum atomic E-state index is 11.9. The maximum absolute atomic E-state index is 11.9. The molecule has 1 aromatic carbocycles.